The number of alkyl halides is 3. The minimum absolute atomic E-state index is 0.159. The van der Waals surface area contributed by atoms with Gasteiger partial charge in [-0.2, -0.15) is 13.2 Å². The van der Waals surface area contributed by atoms with Crippen LogP contribution in [0.15, 0.2) is 47.4 Å². The van der Waals surface area contributed by atoms with Crippen LogP contribution in [0.5, 0.6) is 5.75 Å². The normalized spacial score (nSPS) is 17.5. The molecule has 0 radical (unpaired) electrons. The van der Waals surface area contributed by atoms with E-state index in [9.17, 15) is 17.7 Å². The molecule has 1 aliphatic heterocycles. The van der Waals surface area contributed by atoms with Crippen LogP contribution in [0.4, 0.5) is 24.5 Å². The van der Waals surface area contributed by atoms with Gasteiger partial charge in [-0.05, 0) is 49.1 Å². The summed E-state index contributed by atoms with van der Waals surface area (Å²) in [5, 5.41) is 12.7. The predicted molar refractivity (Wildman–Crippen MR) is 137 cm³/mol. The van der Waals surface area contributed by atoms with Gasteiger partial charge in [0.25, 0.3) is 0 Å². The molecule has 1 saturated heterocycles. The van der Waals surface area contributed by atoms with E-state index in [0.29, 0.717) is 27.2 Å². The lowest BCUT2D eigenvalue weighted by atomic mass is 9.64. The Morgan fingerprint density at radius 2 is 2.00 bits per heavy atom. The van der Waals surface area contributed by atoms with Crippen molar-refractivity contribution in [3.63, 3.8) is 0 Å². The van der Waals surface area contributed by atoms with Crippen molar-refractivity contribution in [1.82, 2.24) is 4.57 Å². The van der Waals surface area contributed by atoms with Crippen LogP contribution in [0.25, 0.3) is 10.9 Å². The Bertz CT molecular complexity index is 1350. The summed E-state index contributed by atoms with van der Waals surface area (Å²) in [6.07, 6.45) is -2.40. The molecule has 196 valence electrons. The van der Waals surface area contributed by atoms with E-state index in [4.69, 9.17) is 14.6 Å². The van der Waals surface area contributed by atoms with Crippen molar-refractivity contribution in [1.29, 1.82) is 0 Å². The molecule has 1 aromatic heterocycles. The van der Waals surface area contributed by atoms with Crippen LogP contribution in [0.1, 0.15) is 18.5 Å². The van der Waals surface area contributed by atoms with Gasteiger partial charge in [0.05, 0.1) is 55.1 Å². The van der Waals surface area contributed by atoms with Gasteiger partial charge in [-0.15, -0.1) is 5.14 Å². The Morgan fingerprint density at radius 3 is 2.65 bits per heavy atom. The SMILES string of the molecule is COc1cc([S+](N)[O-])ccc1NCC#Cc1cc2c(NC3CC4(COC4)C3)cccc2n1CC(F)(F)F. The number of methoxy groups -OCH3 is 1. The number of fused-ring (bicyclic) bond motifs is 1. The third kappa shape index (κ3) is 5.48. The molecular weight excluding hydrogens is 505 g/mol. The first-order valence-corrected chi connectivity index (χ1v) is 13.0. The van der Waals surface area contributed by atoms with E-state index in [2.05, 4.69) is 22.5 Å². The smallest absolute Gasteiger partial charge is 0.406 e. The van der Waals surface area contributed by atoms with Crippen LogP contribution in [0.2, 0.25) is 0 Å². The summed E-state index contributed by atoms with van der Waals surface area (Å²) in [6, 6.07) is 12.2. The van der Waals surface area contributed by atoms with Crippen LogP contribution < -0.4 is 20.5 Å². The zero-order chi connectivity index (χ0) is 26.2. The van der Waals surface area contributed by atoms with E-state index >= 15 is 0 Å². The summed E-state index contributed by atoms with van der Waals surface area (Å²) in [7, 11) is 1.47. The molecule has 1 unspecified atom stereocenters. The second-order valence-corrected chi connectivity index (χ2v) is 10.6. The lowest BCUT2D eigenvalue weighted by Gasteiger charge is -2.53. The van der Waals surface area contributed by atoms with Gasteiger partial charge in [0.2, 0.25) is 0 Å². The molecule has 5 rings (SSSR count). The Balaban J connectivity index is 1.37. The van der Waals surface area contributed by atoms with E-state index in [0.717, 1.165) is 31.7 Å². The molecule has 0 bridgehead atoms. The Morgan fingerprint density at radius 1 is 1.22 bits per heavy atom. The first-order chi connectivity index (χ1) is 17.7. The van der Waals surface area contributed by atoms with Crippen molar-refractivity contribution in [2.75, 3.05) is 37.5 Å². The third-order valence-electron chi connectivity index (χ3n) is 6.81. The Hall–Kier alpha value is -3.04. The minimum atomic E-state index is -4.40. The molecule has 7 nitrogen and oxygen atoms in total. The van der Waals surface area contributed by atoms with E-state index in [1.165, 1.54) is 11.7 Å². The lowest BCUT2D eigenvalue weighted by Crippen LogP contribution is -2.56. The van der Waals surface area contributed by atoms with Crippen molar-refractivity contribution in [2.45, 2.75) is 36.5 Å². The standard InChI is InChI=1S/C26H27F3N4O3S/c1-35-24-11-19(37(30)34)7-8-22(24)31-9-3-4-18-10-20-21(32-17-12-25(13-17)15-36-16-25)5-2-6-23(20)33(18)14-26(27,28)29/h2,5-8,10-11,17,31-32H,9,12-16,30H2,1H3. The van der Waals surface area contributed by atoms with E-state index in [1.54, 1.807) is 36.4 Å². The number of ether oxygens (including phenoxy) is 2. The van der Waals surface area contributed by atoms with Crippen LogP contribution in [-0.4, -0.2) is 48.2 Å². The number of nitrogens with zero attached hydrogens (tertiary/aromatic N) is 1. The molecule has 2 aliphatic rings. The summed E-state index contributed by atoms with van der Waals surface area (Å²) in [5.41, 5.74) is 2.45. The summed E-state index contributed by atoms with van der Waals surface area (Å²) in [6.45, 7) is 0.598. The second-order valence-electron chi connectivity index (χ2n) is 9.53. The van der Waals surface area contributed by atoms with Gasteiger partial charge in [0.1, 0.15) is 12.3 Å². The molecule has 1 spiro atoms. The maximum Gasteiger partial charge on any atom is 0.406 e. The predicted octanol–water partition coefficient (Wildman–Crippen LogP) is 4.25. The highest BCUT2D eigenvalue weighted by Crippen LogP contribution is 2.48. The van der Waals surface area contributed by atoms with Gasteiger partial charge in [-0.3, -0.25) is 0 Å². The maximum absolute atomic E-state index is 13.5. The van der Waals surface area contributed by atoms with Crippen molar-refractivity contribution < 1.29 is 27.2 Å². The largest absolute Gasteiger partial charge is 0.593 e. The van der Waals surface area contributed by atoms with E-state index in [1.807, 2.05) is 6.07 Å². The summed E-state index contributed by atoms with van der Waals surface area (Å²) in [4.78, 5) is 0.410. The number of rotatable bonds is 7. The molecule has 37 heavy (non-hydrogen) atoms. The van der Waals surface area contributed by atoms with E-state index in [-0.39, 0.29) is 23.7 Å². The van der Waals surface area contributed by atoms with Crippen LogP contribution in [-0.2, 0) is 22.6 Å². The molecule has 2 heterocycles. The monoisotopic (exact) mass is 532 g/mol. The highest BCUT2D eigenvalue weighted by molar-refractivity contribution is 7.89. The zero-order valence-corrected chi connectivity index (χ0v) is 21.0. The topological polar surface area (TPSA) is 96.5 Å². The molecule has 11 heteroatoms. The molecular formula is C26H27F3N4O3S. The fraction of sp³-hybridized carbons (Fsp3) is 0.385. The summed E-state index contributed by atoms with van der Waals surface area (Å²) >= 11 is -1.65. The maximum atomic E-state index is 13.5. The molecule has 1 aliphatic carbocycles. The van der Waals surface area contributed by atoms with Crippen LogP contribution in [0, 0.1) is 17.3 Å². The third-order valence-corrected chi connectivity index (χ3v) is 7.53. The highest BCUT2D eigenvalue weighted by atomic mass is 32.2. The van der Waals surface area contributed by atoms with E-state index < -0.39 is 24.1 Å². The summed E-state index contributed by atoms with van der Waals surface area (Å²) in [5.74, 6) is 6.25. The second kappa shape index (κ2) is 10.0. The van der Waals surface area contributed by atoms with Gasteiger partial charge in [0.15, 0.2) is 4.90 Å². The fourth-order valence-electron chi connectivity index (χ4n) is 5.01. The molecule has 2 aromatic carbocycles. The lowest BCUT2D eigenvalue weighted by molar-refractivity contribution is -0.159. The molecule has 1 saturated carbocycles. The molecule has 4 N–H and O–H groups in total. The quantitative estimate of drug-likeness (QED) is 0.311. The molecule has 3 aromatic rings. The number of halogens is 3. The van der Waals surface area contributed by atoms with Crippen molar-refractivity contribution in [2.24, 2.45) is 10.6 Å². The average Bonchev–Trinajstić information content (AvgIpc) is 3.14. The Kier molecular flexibility index (Phi) is 6.93. The number of hydrogen-bond donors (Lipinski definition) is 3. The number of anilines is 2. The van der Waals surface area contributed by atoms with Crippen LogP contribution >= 0.6 is 0 Å². The van der Waals surface area contributed by atoms with Crippen molar-refractivity contribution in [3.8, 4) is 17.6 Å². The molecule has 0 amide bonds. The molecule has 2 fully saturated rings. The van der Waals surface area contributed by atoms with Crippen molar-refractivity contribution in [3.05, 3.63) is 48.2 Å². The number of aromatic nitrogens is 1. The minimum Gasteiger partial charge on any atom is -0.593 e. The van der Waals surface area contributed by atoms with Crippen LogP contribution in [0.3, 0.4) is 0 Å². The average molecular weight is 533 g/mol. The number of hydrogen-bond acceptors (Lipinski definition) is 6. The van der Waals surface area contributed by atoms with Crippen molar-refractivity contribution >= 4 is 33.6 Å². The van der Waals surface area contributed by atoms with Gasteiger partial charge < -0.3 is 29.2 Å². The number of benzene rings is 2. The Labute approximate surface area is 215 Å². The number of nitrogens with two attached hydrogens (primary N) is 1. The summed E-state index contributed by atoms with van der Waals surface area (Å²) < 4.78 is 63.7. The van der Waals surface area contributed by atoms with Gasteiger partial charge in [0, 0.05) is 28.6 Å². The highest BCUT2D eigenvalue weighted by Gasteiger charge is 2.49. The number of nitrogens with one attached hydrogen (secondary N) is 2. The first-order valence-electron chi connectivity index (χ1n) is 11.8. The van der Waals surface area contributed by atoms with Gasteiger partial charge in [-0.25, -0.2) is 0 Å². The van der Waals surface area contributed by atoms with Gasteiger partial charge in [-0.1, -0.05) is 12.0 Å². The molecule has 1 atom stereocenters. The fourth-order valence-corrected chi connectivity index (χ4v) is 5.44. The first kappa shape index (κ1) is 25.6. The van der Waals surface area contributed by atoms with Gasteiger partial charge >= 0.3 is 6.18 Å². The zero-order valence-electron chi connectivity index (χ0n) is 20.2.